The summed E-state index contributed by atoms with van der Waals surface area (Å²) in [5.41, 5.74) is 3.12. The molecule has 1 aromatic heterocycles. The van der Waals surface area contributed by atoms with Crippen LogP contribution in [0.4, 0.5) is 0 Å². The Hall–Kier alpha value is -0.720. The Bertz CT molecular complexity index is 310. The maximum Gasteiger partial charge on any atom is 0.0416 e. The molecular formula is C13H21N. The monoisotopic (exact) mass is 191 g/mol. The minimum absolute atomic E-state index is 0.315. The zero-order valence-electron chi connectivity index (χ0n) is 9.80. The topological polar surface area (TPSA) is 4.93 Å². The molecule has 1 heterocycles. The largest absolute Gasteiger partial charge is 0.343 e. The lowest BCUT2D eigenvalue weighted by atomic mass is 9.72. The van der Waals surface area contributed by atoms with E-state index in [0.717, 1.165) is 5.92 Å². The molecule has 0 atom stereocenters. The zero-order valence-corrected chi connectivity index (χ0v) is 9.80. The van der Waals surface area contributed by atoms with Crippen molar-refractivity contribution in [2.45, 2.75) is 52.5 Å². The second-order valence-corrected chi connectivity index (χ2v) is 5.23. The van der Waals surface area contributed by atoms with Crippen LogP contribution in [-0.4, -0.2) is 4.57 Å². The molecule has 0 aliphatic heterocycles. The van der Waals surface area contributed by atoms with Crippen molar-refractivity contribution >= 4 is 0 Å². The van der Waals surface area contributed by atoms with Gasteiger partial charge in [-0.25, -0.2) is 0 Å². The third kappa shape index (κ3) is 1.30. The summed E-state index contributed by atoms with van der Waals surface area (Å²) in [6.07, 6.45) is 4.24. The average molecular weight is 191 g/mol. The fourth-order valence-electron chi connectivity index (χ4n) is 2.87. The van der Waals surface area contributed by atoms with E-state index in [2.05, 4.69) is 44.4 Å². The first kappa shape index (κ1) is 9.82. The highest BCUT2D eigenvalue weighted by Crippen LogP contribution is 2.41. The quantitative estimate of drug-likeness (QED) is 0.672. The van der Waals surface area contributed by atoms with Gasteiger partial charge in [0.05, 0.1) is 0 Å². The molecule has 1 heteroatoms. The van der Waals surface area contributed by atoms with Crippen LogP contribution in [0.1, 0.15) is 44.5 Å². The van der Waals surface area contributed by atoms with Gasteiger partial charge in [0.15, 0.2) is 0 Å². The molecule has 1 aromatic rings. The Morgan fingerprint density at radius 3 is 2.00 bits per heavy atom. The van der Waals surface area contributed by atoms with E-state index in [4.69, 9.17) is 0 Å². The van der Waals surface area contributed by atoms with E-state index in [1.807, 2.05) is 0 Å². The van der Waals surface area contributed by atoms with E-state index in [1.165, 1.54) is 30.7 Å². The van der Waals surface area contributed by atoms with Gasteiger partial charge in [-0.2, -0.15) is 0 Å². The highest BCUT2D eigenvalue weighted by atomic mass is 15.1. The molecule has 0 amide bonds. The van der Waals surface area contributed by atoms with Gasteiger partial charge in [-0.05, 0) is 58.6 Å². The molecule has 0 spiro atoms. The lowest BCUT2D eigenvalue weighted by Gasteiger charge is -2.43. The van der Waals surface area contributed by atoms with Gasteiger partial charge >= 0.3 is 0 Å². The van der Waals surface area contributed by atoms with Crippen molar-refractivity contribution in [3.63, 3.8) is 0 Å². The van der Waals surface area contributed by atoms with Gasteiger partial charge in [-0.3, -0.25) is 0 Å². The molecule has 0 N–H and O–H groups in total. The second kappa shape index (κ2) is 3.15. The number of rotatable bonds is 2. The first-order valence-corrected chi connectivity index (χ1v) is 5.69. The average Bonchev–Trinajstić information content (AvgIpc) is 2.25. The van der Waals surface area contributed by atoms with Crippen LogP contribution in [0.3, 0.4) is 0 Å². The summed E-state index contributed by atoms with van der Waals surface area (Å²) in [5.74, 6) is 0.882. The van der Waals surface area contributed by atoms with Crippen LogP contribution < -0.4 is 0 Å². The Kier molecular flexibility index (Phi) is 2.21. The van der Waals surface area contributed by atoms with E-state index in [-0.39, 0.29) is 0 Å². The molecule has 0 radical (unpaired) electrons. The van der Waals surface area contributed by atoms with Crippen molar-refractivity contribution in [2.24, 2.45) is 5.92 Å². The molecule has 0 unspecified atom stereocenters. The van der Waals surface area contributed by atoms with E-state index < -0.39 is 0 Å². The Labute approximate surface area is 87.1 Å². The van der Waals surface area contributed by atoms with Gasteiger partial charge < -0.3 is 4.57 Å². The van der Waals surface area contributed by atoms with Crippen LogP contribution in [-0.2, 0) is 5.54 Å². The number of aromatic nitrogens is 1. The van der Waals surface area contributed by atoms with Gasteiger partial charge in [0.25, 0.3) is 0 Å². The van der Waals surface area contributed by atoms with Crippen LogP contribution in [0.2, 0.25) is 0 Å². The van der Waals surface area contributed by atoms with Crippen LogP contribution in [0.15, 0.2) is 12.1 Å². The first-order chi connectivity index (χ1) is 6.53. The van der Waals surface area contributed by atoms with Crippen molar-refractivity contribution in [1.29, 1.82) is 0 Å². The molecule has 0 aromatic carbocycles. The lowest BCUT2D eigenvalue weighted by molar-refractivity contribution is 0.124. The molecular weight excluding hydrogens is 170 g/mol. The normalized spacial score (nSPS) is 18.3. The highest BCUT2D eigenvalue weighted by molar-refractivity contribution is 5.17. The molecule has 0 saturated heterocycles. The molecule has 1 nitrogen and oxygen atoms in total. The third-order valence-electron chi connectivity index (χ3n) is 3.95. The van der Waals surface area contributed by atoms with Crippen LogP contribution in [0.25, 0.3) is 0 Å². The summed E-state index contributed by atoms with van der Waals surface area (Å²) >= 11 is 0. The van der Waals surface area contributed by atoms with E-state index in [9.17, 15) is 0 Å². The maximum atomic E-state index is 2.51. The third-order valence-corrected chi connectivity index (χ3v) is 3.95. The lowest BCUT2D eigenvalue weighted by Crippen LogP contribution is -2.40. The Balaban J connectivity index is 2.36. The standard InChI is InChI=1S/C13H21N/c1-10-8-9-11(2)14(10)13(3,4)12-6-5-7-12/h8-9,12H,5-7H2,1-4H3. The predicted octanol–water partition coefficient (Wildman–Crippen LogP) is 3.64. The van der Waals surface area contributed by atoms with Crippen LogP contribution in [0.5, 0.6) is 0 Å². The molecule has 1 aliphatic carbocycles. The predicted molar refractivity (Wildman–Crippen MR) is 60.6 cm³/mol. The number of nitrogens with zero attached hydrogens (tertiary/aromatic N) is 1. The molecule has 78 valence electrons. The number of hydrogen-bond donors (Lipinski definition) is 0. The molecule has 2 rings (SSSR count). The van der Waals surface area contributed by atoms with E-state index in [1.54, 1.807) is 0 Å². The summed E-state index contributed by atoms with van der Waals surface area (Å²) in [7, 11) is 0. The minimum atomic E-state index is 0.315. The number of hydrogen-bond acceptors (Lipinski definition) is 0. The summed E-state index contributed by atoms with van der Waals surface area (Å²) < 4.78 is 2.51. The van der Waals surface area contributed by atoms with Gasteiger partial charge in [0.2, 0.25) is 0 Å². The maximum absolute atomic E-state index is 2.51. The first-order valence-electron chi connectivity index (χ1n) is 5.69. The van der Waals surface area contributed by atoms with Gasteiger partial charge in [-0.1, -0.05) is 6.42 Å². The van der Waals surface area contributed by atoms with Gasteiger partial charge in [0, 0.05) is 16.9 Å². The Morgan fingerprint density at radius 2 is 1.64 bits per heavy atom. The summed E-state index contributed by atoms with van der Waals surface area (Å²) in [6.45, 7) is 9.20. The van der Waals surface area contributed by atoms with E-state index in [0.29, 0.717) is 5.54 Å². The van der Waals surface area contributed by atoms with Crippen molar-refractivity contribution in [3.8, 4) is 0 Å². The molecule has 1 saturated carbocycles. The highest BCUT2D eigenvalue weighted by Gasteiger charge is 2.36. The Morgan fingerprint density at radius 1 is 1.14 bits per heavy atom. The van der Waals surface area contributed by atoms with E-state index >= 15 is 0 Å². The van der Waals surface area contributed by atoms with Gasteiger partial charge in [-0.15, -0.1) is 0 Å². The SMILES string of the molecule is Cc1ccc(C)n1C(C)(C)C1CCC1. The molecule has 0 bridgehead atoms. The van der Waals surface area contributed by atoms with Crippen molar-refractivity contribution < 1.29 is 0 Å². The summed E-state index contributed by atoms with van der Waals surface area (Å²) in [6, 6.07) is 4.46. The van der Waals surface area contributed by atoms with Crippen LogP contribution >= 0.6 is 0 Å². The smallest absolute Gasteiger partial charge is 0.0416 e. The molecule has 14 heavy (non-hydrogen) atoms. The second-order valence-electron chi connectivity index (χ2n) is 5.23. The van der Waals surface area contributed by atoms with Gasteiger partial charge in [0.1, 0.15) is 0 Å². The summed E-state index contributed by atoms with van der Waals surface area (Å²) in [4.78, 5) is 0. The van der Waals surface area contributed by atoms with Crippen LogP contribution in [0, 0.1) is 19.8 Å². The zero-order chi connectivity index (χ0) is 10.3. The van der Waals surface area contributed by atoms with Crippen molar-refractivity contribution in [3.05, 3.63) is 23.5 Å². The number of aryl methyl sites for hydroxylation is 2. The van der Waals surface area contributed by atoms with Crippen molar-refractivity contribution in [1.82, 2.24) is 4.57 Å². The fraction of sp³-hybridized carbons (Fsp3) is 0.692. The van der Waals surface area contributed by atoms with Crippen molar-refractivity contribution in [2.75, 3.05) is 0 Å². The fourth-order valence-corrected chi connectivity index (χ4v) is 2.87. The minimum Gasteiger partial charge on any atom is -0.343 e. The molecule has 1 fully saturated rings. The molecule has 1 aliphatic rings. The summed E-state index contributed by atoms with van der Waals surface area (Å²) in [5, 5.41) is 0.